The fourth-order valence-electron chi connectivity index (χ4n) is 5.00. The first-order valence-corrected chi connectivity index (χ1v) is 21.2. The SMILES string of the molecule is CC1=C(C)C(C)=[C]([Zr]([C]2=CC=CC2)[SiH]2CCC2)C1.c1ccc(CCc2ccccc2)cc1. The summed E-state index contributed by atoms with van der Waals surface area (Å²) in [6, 6.07) is 24.6. The van der Waals surface area contributed by atoms with Gasteiger partial charge in [-0.2, -0.15) is 0 Å². The summed E-state index contributed by atoms with van der Waals surface area (Å²) in [4.78, 5) is 0. The summed E-state index contributed by atoms with van der Waals surface area (Å²) in [6.07, 6.45) is 13.7. The van der Waals surface area contributed by atoms with Gasteiger partial charge in [-0.3, -0.25) is 0 Å². The van der Waals surface area contributed by atoms with Crippen LogP contribution in [0.25, 0.3) is 0 Å². The van der Waals surface area contributed by atoms with Crippen molar-refractivity contribution in [3.05, 3.63) is 113 Å². The number of allylic oxidation sites excluding steroid dienone is 8. The van der Waals surface area contributed by atoms with E-state index in [1.54, 1.807) is 35.2 Å². The predicted octanol–water partition coefficient (Wildman–Crippen LogP) is 8.06. The van der Waals surface area contributed by atoms with Crippen molar-refractivity contribution in [1.29, 1.82) is 0 Å². The Kier molecular flexibility index (Phi) is 8.55. The molecule has 3 aliphatic rings. The minimum Gasteiger partial charge on any atom is -0.0622 e. The molecule has 0 bridgehead atoms. The third kappa shape index (κ3) is 5.89. The topological polar surface area (TPSA) is 0 Å². The van der Waals surface area contributed by atoms with Gasteiger partial charge in [-0.1, -0.05) is 60.7 Å². The van der Waals surface area contributed by atoms with Crippen molar-refractivity contribution in [2.75, 3.05) is 0 Å². The summed E-state index contributed by atoms with van der Waals surface area (Å²) in [5.41, 5.74) is 7.84. The maximum absolute atomic E-state index is 2.50. The van der Waals surface area contributed by atoms with Crippen LogP contribution in [-0.2, 0) is 33.8 Å². The molecule has 0 N–H and O–H groups in total. The van der Waals surface area contributed by atoms with Crippen LogP contribution in [0.2, 0.25) is 12.1 Å². The van der Waals surface area contributed by atoms with Crippen LogP contribution in [0.4, 0.5) is 0 Å². The molecule has 0 radical (unpaired) electrons. The second kappa shape index (κ2) is 11.6. The fraction of sp³-hybridized carbons (Fsp3) is 0.333. The molecule has 1 heterocycles. The van der Waals surface area contributed by atoms with E-state index >= 15 is 0 Å². The van der Waals surface area contributed by atoms with Crippen molar-refractivity contribution in [2.24, 2.45) is 0 Å². The number of rotatable bonds is 6. The third-order valence-corrected chi connectivity index (χ3v) is 30.6. The van der Waals surface area contributed by atoms with Crippen molar-refractivity contribution >= 4 is 5.92 Å². The normalized spacial score (nSPS) is 17.8. The molecule has 0 amide bonds. The molecule has 0 saturated carbocycles. The van der Waals surface area contributed by atoms with E-state index < -0.39 is 20.9 Å². The van der Waals surface area contributed by atoms with Gasteiger partial charge in [0.05, 0.1) is 0 Å². The predicted molar refractivity (Wildman–Crippen MR) is 139 cm³/mol. The van der Waals surface area contributed by atoms with Gasteiger partial charge in [0.25, 0.3) is 0 Å². The van der Waals surface area contributed by atoms with E-state index in [1.165, 1.54) is 24.0 Å². The molecule has 2 aromatic rings. The van der Waals surface area contributed by atoms with Crippen molar-refractivity contribution in [1.82, 2.24) is 0 Å². The monoisotopic (exact) mass is 515 g/mol. The first-order chi connectivity index (χ1) is 15.6. The minimum absolute atomic E-state index is 0.311. The van der Waals surface area contributed by atoms with Gasteiger partial charge >= 0.3 is 120 Å². The molecular weight excluding hydrogens is 480 g/mol. The van der Waals surface area contributed by atoms with Crippen LogP contribution in [0.15, 0.2) is 102 Å². The number of hydrogen-bond donors (Lipinski definition) is 0. The molecule has 32 heavy (non-hydrogen) atoms. The first-order valence-electron chi connectivity index (χ1n) is 12.3. The van der Waals surface area contributed by atoms with E-state index in [-0.39, 0.29) is 5.92 Å². The maximum Gasteiger partial charge on any atom is -0.0238 e. The number of hydrogen-bond acceptors (Lipinski definition) is 0. The molecule has 165 valence electrons. The van der Waals surface area contributed by atoms with Gasteiger partial charge in [0.15, 0.2) is 0 Å². The zero-order valence-electron chi connectivity index (χ0n) is 20.0. The summed E-state index contributed by atoms with van der Waals surface area (Å²) >= 11 is -1.37. The zero-order valence-corrected chi connectivity index (χ0v) is 23.6. The first kappa shape index (κ1) is 23.7. The molecule has 2 aromatic carbocycles. The minimum atomic E-state index is -1.37. The Morgan fingerprint density at radius 3 is 1.78 bits per heavy atom. The summed E-state index contributed by atoms with van der Waals surface area (Å²) in [6.45, 7) is 7.12. The molecule has 0 nitrogen and oxygen atoms in total. The third-order valence-electron chi connectivity index (χ3n) is 7.44. The van der Waals surface area contributed by atoms with E-state index in [9.17, 15) is 0 Å². The van der Waals surface area contributed by atoms with Crippen LogP contribution in [0.3, 0.4) is 0 Å². The van der Waals surface area contributed by atoms with Crippen molar-refractivity contribution < 1.29 is 20.9 Å². The largest absolute Gasteiger partial charge is 0.0622 e. The molecule has 1 aliphatic heterocycles. The Labute approximate surface area is 204 Å². The van der Waals surface area contributed by atoms with E-state index in [1.807, 2.05) is 6.56 Å². The second-order valence-electron chi connectivity index (χ2n) is 9.52. The summed E-state index contributed by atoms with van der Waals surface area (Å²) in [7, 11) is 0. The van der Waals surface area contributed by atoms with E-state index in [2.05, 4.69) is 99.7 Å². The van der Waals surface area contributed by atoms with Gasteiger partial charge < -0.3 is 0 Å². The van der Waals surface area contributed by atoms with Gasteiger partial charge in [-0.25, -0.2) is 0 Å². The molecule has 1 fully saturated rings. The molecule has 0 aromatic heterocycles. The summed E-state index contributed by atoms with van der Waals surface area (Å²) < 4.78 is 3.93. The van der Waals surface area contributed by atoms with E-state index in [0.29, 0.717) is 0 Å². The second-order valence-corrected chi connectivity index (χ2v) is 26.6. The quantitative estimate of drug-likeness (QED) is 0.341. The Hall–Kier alpha value is -1.50. The summed E-state index contributed by atoms with van der Waals surface area (Å²) in [5, 5.41) is 0. The Morgan fingerprint density at radius 2 is 1.38 bits per heavy atom. The van der Waals surface area contributed by atoms with Crippen LogP contribution in [0.1, 0.15) is 51.2 Å². The van der Waals surface area contributed by atoms with Gasteiger partial charge in [0.1, 0.15) is 0 Å². The molecule has 2 heteroatoms. The van der Waals surface area contributed by atoms with Crippen LogP contribution >= 0.6 is 0 Å². The van der Waals surface area contributed by atoms with Gasteiger partial charge in [-0.15, -0.1) is 0 Å². The zero-order chi connectivity index (χ0) is 22.3. The van der Waals surface area contributed by atoms with Crippen LogP contribution < -0.4 is 0 Å². The molecule has 0 unspecified atom stereocenters. The number of benzene rings is 2. The standard InChI is InChI=1S/C14H14.C8H11.C5H5.C3H7Si.Zr/c1-3-7-13(8-4-1)11-12-14-9-5-2-6-10-14;1-6-4-5-7(2)8(6)3;1-2-4-5-3-1;1-2-4-3-1;/h1-10H,11-12H2;4H2,1-3H3;1-3H,4H2;4H,1-3H2;. The smallest absolute Gasteiger partial charge is 0.0238 e. The van der Waals surface area contributed by atoms with Crippen LogP contribution in [0, 0.1) is 0 Å². The molecule has 2 aliphatic carbocycles. The van der Waals surface area contributed by atoms with Gasteiger partial charge in [0.2, 0.25) is 0 Å². The molecule has 0 atom stereocenters. The average Bonchev–Trinajstić information content (AvgIpc) is 3.41. The van der Waals surface area contributed by atoms with Crippen molar-refractivity contribution in [2.45, 2.75) is 65.0 Å². The number of aryl methyl sites for hydroxylation is 2. The Morgan fingerprint density at radius 1 is 0.781 bits per heavy atom. The molecule has 1 saturated heterocycles. The van der Waals surface area contributed by atoms with Crippen molar-refractivity contribution in [3.8, 4) is 0 Å². The summed E-state index contributed by atoms with van der Waals surface area (Å²) in [5.74, 6) is -0.311. The Balaban J connectivity index is 0.000000158. The van der Waals surface area contributed by atoms with Gasteiger partial charge in [0, 0.05) is 0 Å². The van der Waals surface area contributed by atoms with Crippen LogP contribution in [0.5, 0.6) is 0 Å². The van der Waals surface area contributed by atoms with Gasteiger partial charge in [-0.05, 0) is 24.0 Å². The molecular formula is C30H37SiZr. The molecule has 5 rings (SSSR count). The average molecular weight is 517 g/mol. The maximum atomic E-state index is 2.50. The fourth-order valence-corrected chi connectivity index (χ4v) is 30.4. The Bertz CT molecular complexity index is 984. The van der Waals surface area contributed by atoms with Crippen molar-refractivity contribution in [3.63, 3.8) is 0 Å². The molecule has 0 spiro atoms. The van der Waals surface area contributed by atoms with E-state index in [0.717, 1.165) is 12.8 Å². The van der Waals surface area contributed by atoms with E-state index in [4.69, 9.17) is 0 Å². The van der Waals surface area contributed by atoms with Crippen LogP contribution in [-0.4, -0.2) is 5.92 Å².